The van der Waals surface area contributed by atoms with Crippen LogP contribution in [0.1, 0.15) is 18.7 Å². The number of alkyl halides is 3. The van der Waals surface area contributed by atoms with E-state index in [2.05, 4.69) is 15.3 Å². The van der Waals surface area contributed by atoms with Crippen molar-refractivity contribution in [2.24, 2.45) is 0 Å². The molecule has 1 unspecified atom stereocenters. The molecule has 2 rings (SSSR count). The van der Waals surface area contributed by atoms with Gasteiger partial charge in [0.25, 0.3) is 0 Å². The van der Waals surface area contributed by atoms with Gasteiger partial charge in [0.05, 0.1) is 24.5 Å². The Balaban J connectivity index is 2.14. The number of methoxy groups -OCH3 is 1. The predicted octanol–water partition coefficient (Wildman–Crippen LogP) is 3.25. The molecule has 0 radical (unpaired) electrons. The molecule has 0 bridgehead atoms. The van der Waals surface area contributed by atoms with Crippen molar-refractivity contribution in [3.63, 3.8) is 0 Å². The van der Waals surface area contributed by atoms with Crippen molar-refractivity contribution in [2.45, 2.75) is 19.1 Å². The first-order chi connectivity index (χ1) is 9.91. The molecule has 0 saturated carbocycles. The summed E-state index contributed by atoms with van der Waals surface area (Å²) in [5, 5.41) is 2.94. The minimum absolute atomic E-state index is 0.0439. The minimum atomic E-state index is -4.44. The number of nitrogens with zero attached hydrogens (tertiary/aromatic N) is 3. The van der Waals surface area contributed by atoms with E-state index in [-0.39, 0.29) is 6.04 Å². The molecule has 5 nitrogen and oxygen atoms in total. The number of ether oxygens (including phenoxy) is 1. The molecule has 0 fully saturated rings. The Labute approximate surface area is 119 Å². The number of aromatic nitrogens is 3. The van der Waals surface area contributed by atoms with E-state index in [0.717, 1.165) is 12.3 Å². The van der Waals surface area contributed by atoms with E-state index in [1.807, 2.05) is 11.5 Å². The average Bonchev–Trinajstić information content (AvgIpc) is 2.87. The van der Waals surface area contributed by atoms with E-state index in [9.17, 15) is 13.2 Å². The van der Waals surface area contributed by atoms with Crippen LogP contribution in [0, 0.1) is 0 Å². The highest BCUT2D eigenvalue weighted by molar-refractivity contribution is 5.52. The SMILES string of the molecule is COCC(C)n1ccnc1Nc1ccc(C(F)(F)F)nc1. The summed E-state index contributed by atoms with van der Waals surface area (Å²) >= 11 is 0. The molecule has 2 aromatic heterocycles. The second-order valence-corrected chi connectivity index (χ2v) is 4.52. The van der Waals surface area contributed by atoms with Gasteiger partial charge in [-0.15, -0.1) is 0 Å². The van der Waals surface area contributed by atoms with E-state index >= 15 is 0 Å². The maximum atomic E-state index is 12.4. The zero-order chi connectivity index (χ0) is 15.5. The van der Waals surface area contributed by atoms with Gasteiger partial charge >= 0.3 is 6.18 Å². The molecule has 0 aliphatic heterocycles. The lowest BCUT2D eigenvalue weighted by Gasteiger charge is -2.16. The van der Waals surface area contributed by atoms with Crippen molar-refractivity contribution in [1.29, 1.82) is 0 Å². The van der Waals surface area contributed by atoms with Crippen LogP contribution in [0.2, 0.25) is 0 Å². The van der Waals surface area contributed by atoms with Crippen molar-refractivity contribution in [3.05, 3.63) is 36.4 Å². The van der Waals surface area contributed by atoms with Gasteiger partial charge in [0.1, 0.15) is 5.69 Å². The van der Waals surface area contributed by atoms with Gasteiger partial charge in [-0.1, -0.05) is 0 Å². The summed E-state index contributed by atoms with van der Waals surface area (Å²) in [7, 11) is 1.60. The van der Waals surface area contributed by atoms with Gasteiger partial charge in [0.2, 0.25) is 5.95 Å². The lowest BCUT2D eigenvalue weighted by atomic mass is 10.3. The van der Waals surface area contributed by atoms with Crippen LogP contribution >= 0.6 is 0 Å². The molecule has 0 aliphatic carbocycles. The van der Waals surface area contributed by atoms with Crippen LogP contribution in [0.5, 0.6) is 0 Å². The summed E-state index contributed by atoms with van der Waals surface area (Å²) in [4.78, 5) is 7.52. The normalized spacial score (nSPS) is 13.2. The largest absolute Gasteiger partial charge is 0.433 e. The Morgan fingerprint density at radius 3 is 2.67 bits per heavy atom. The van der Waals surface area contributed by atoms with Crippen molar-refractivity contribution >= 4 is 11.6 Å². The number of hydrogen-bond donors (Lipinski definition) is 1. The van der Waals surface area contributed by atoms with Gasteiger partial charge in [-0.05, 0) is 19.1 Å². The Kier molecular flexibility index (Phi) is 4.46. The second-order valence-electron chi connectivity index (χ2n) is 4.52. The first kappa shape index (κ1) is 15.3. The first-order valence-electron chi connectivity index (χ1n) is 6.24. The Hall–Kier alpha value is -2.09. The second kappa shape index (κ2) is 6.13. The zero-order valence-corrected chi connectivity index (χ0v) is 11.6. The number of pyridine rings is 1. The molecule has 8 heteroatoms. The van der Waals surface area contributed by atoms with Gasteiger partial charge < -0.3 is 14.6 Å². The number of hydrogen-bond acceptors (Lipinski definition) is 4. The van der Waals surface area contributed by atoms with E-state index < -0.39 is 11.9 Å². The fourth-order valence-corrected chi connectivity index (χ4v) is 1.85. The molecule has 21 heavy (non-hydrogen) atoms. The molecule has 1 atom stereocenters. The molecule has 0 spiro atoms. The lowest BCUT2D eigenvalue weighted by Crippen LogP contribution is -2.13. The zero-order valence-electron chi connectivity index (χ0n) is 11.6. The summed E-state index contributed by atoms with van der Waals surface area (Å²) in [5.41, 5.74) is -0.496. The van der Waals surface area contributed by atoms with Crippen molar-refractivity contribution in [1.82, 2.24) is 14.5 Å². The van der Waals surface area contributed by atoms with Gasteiger partial charge in [0, 0.05) is 19.5 Å². The molecular weight excluding hydrogens is 285 g/mol. The van der Waals surface area contributed by atoms with Crippen molar-refractivity contribution in [2.75, 3.05) is 19.0 Å². The smallest absolute Gasteiger partial charge is 0.383 e. The highest BCUT2D eigenvalue weighted by Crippen LogP contribution is 2.28. The maximum Gasteiger partial charge on any atom is 0.433 e. The third-order valence-electron chi connectivity index (χ3n) is 2.86. The number of imidazole rings is 1. The topological polar surface area (TPSA) is 52.0 Å². The fraction of sp³-hybridized carbons (Fsp3) is 0.385. The van der Waals surface area contributed by atoms with Crippen LogP contribution in [-0.4, -0.2) is 28.3 Å². The summed E-state index contributed by atoms with van der Waals surface area (Å²) in [6, 6.07) is 2.28. The number of anilines is 2. The van der Waals surface area contributed by atoms with E-state index in [0.29, 0.717) is 18.2 Å². The summed E-state index contributed by atoms with van der Waals surface area (Å²) in [6.07, 6.45) is 0.0579. The molecule has 1 N–H and O–H groups in total. The Morgan fingerprint density at radius 2 is 2.10 bits per heavy atom. The molecule has 2 aromatic rings. The third-order valence-corrected chi connectivity index (χ3v) is 2.86. The van der Waals surface area contributed by atoms with Crippen LogP contribution in [0.4, 0.5) is 24.8 Å². The van der Waals surface area contributed by atoms with Crippen LogP contribution in [0.25, 0.3) is 0 Å². The molecule has 0 aliphatic rings. The highest BCUT2D eigenvalue weighted by Gasteiger charge is 2.32. The Morgan fingerprint density at radius 1 is 1.33 bits per heavy atom. The Bertz CT molecular complexity index is 580. The summed E-state index contributed by atoms with van der Waals surface area (Å²) in [5.74, 6) is 0.515. The quantitative estimate of drug-likeness (QED) is 0.921. The number of nitrogens with one attached hydrogen (secondary N) is 1. The van der Waals surface area contributed by atoms with Gasteiger partial charge in [-0.25, -0.2) is 9.97 Å². The van der Waals surface area contributed by atoms with E-state index in [4.69, 9.17) is 4.74 Å². The standard InChI is InChI=1S/C13H15F3N4O/c1-9(8-21-2)20-6-5-17-12(20)19-10-3-4-11(18-7-10)13(14,15)16/h3-7,9H,8H2,1-2H3,(H,17,19). The molecule has 0 saturated heterocycles. The summed E-state index contributed by atoms with van der Waals surface area (Å²) < 4.78 is 44.2. The first-order valence-corrected chi connectivity index (χ1v) is 6.24. The van der Waals surface area contributed by atoms with Crippen LogP contribution in [0.3, 0.4) is 0 Å². The average molecular weight is 300 g/mol. The van der Waals surface area contributed by atoms with Crippen molar-refractivity contribution < 1.29 is 17.9 Å². The minimum Gasteiger partial charge on any atom is -0.383 e. The molecular formula is C13H15F3N4O. The highest BCUT2D eigenvalue weighted by atomic mass is 19.4. The van der Waals surface area contributed by atoms with Crippen LogP contribution in [-0.2, 0) is 10.9 Å². The molecule has 0 aromatic carbocycles. The van der Waals surface area contributed by atoms with Crippen molar-refractivity contribution in [3.8, 4) is 0 Å². The maximum absolute atomic E-state index is 12.4. The molecule has 0 amide bonds. The monoisotopic (exact) mass is 300 g/mol. The number of halogens is 3. The van der Waals surface area contributed by atoms with Crippen LogP contribution < -0.4 is 5.32 Å². The van der Waals surface area contributed by atoms with E-state index in [1.165, 1.54) is 6.07 Å². The molecule has 114 valence electrons. The molecule has 2 heterocycles. The van der Waals surface area contributed by atoms with Gasteiger partial charge in [-0.3, -0.25) is 0 Å². The van der Waals surface area contributed by atoms with Gasteiger partial charge in [-0.2, -0.15) is 13.2 Å². The lowest BCUT2D eigenvalue weighted by molar-refractivity contribution is -0.141. The van der Waals surface area contributed by atoms with Crippen LogP contribution in [0.15, 0.2) is 30.7 Å². The predicted molar refractivity (Wildman–Crippen MR) is 71.3 cm³/mol. The van der Waals surface area contributed by atoms with E-state index in [1.54, 1.807) is 19.5 Å². The summed E-state index contributed by atoms with van der Waals surface area (Å²) in [6.45, 7) is 2.44. The van der Waals surface area contributed by atoms with Gasteiger partial charge in [0.15, 0.2) is 0 Å². The third kappa shape index (κ3) is 3.72. The number of rotatable bonds is 5. The fourth-order valence-electron chi connectivity index (χ4n) is 1.85.